The first-order valence-corrected chi connectivity index (χ1v) is 9.74. The van der Waals surface area contributed by atoms with Gasteiger partial charge in [0.1, 0.15) is 0 Å². The molecule has 3 aliphatic rings. The number of hydrogen-bond acceptors (Lipinski definition) is 4. The van der Waals surface area contributed by atoms with E-state index in [1.54, 1.807) is 0 Å². The lowest BCUT2D eigenvalue weighted by Crippen LogP contribution is -2.53. The van der Waals surface area contributed by atoms with Crippen LogP contribution < -0.4 is 4.90 Å². The number of anilines is 1. The molecule has 3 heterocycles. The van der Waals surface area contributed by atoms with E-state index in [0.29, 0.717) is 18.4 Å². The number of nitrogens with zero attached hydrogens (tertiary/aromatic N) is 4. The molecule has 2 fully saturated rings. The van der Waals surface area contributed by atoms with E-state index in [2.05, 4.69) is 50.9 Å². The second-order valence-corrected chi connectivity index (χ2v) is 7.77. The Labute approximate surface area is 151 Å². The minimum atomic E-state index is 0.352. The van der Waals surface area contributed by atoms with Crippen LogP contribution in [0.1, 0.15) is 18.4 Å². The Hall–Kier alpha value is -1.59. The van der Waals surface area contributed by atoms with Crippen LogP contribution in [0.5, 0.6) is 0 Å². The van der Waals surface area contributed by atoms with Crippen LogP contribution >= 0.6 is 0 Å². The quantitative estimate of drug-likeness (QED) is 0.825. The lowest BCUT2D eigenvalue weighted by molar-refractivity contribution is -0.132. The zero-order valence-electron chi connectivity index (χ0n) is 15.4. The summed E-state index contributed by atoms with van der Waals surface area (Å²) >= 11 is 0. The summed E-state index contributed by atoms with van der Waals surface area (Å²) in [5, 5.41) is 0. The number of carbonyl (C=O) groups excluding carboxylic acids is 1. The molecule has 25 heavy (non-hydrogen) atoms. The first-order valence-electron chi connectivity index (χ1n) is 9.74. The van der Waals surface area contributed by atoms with Crippen LogP contribution in [0.2, 0.25) is 0 Å². The molecule has 0 N–H and O–H groups in total. The summed E-state index contributed by atoms with van der Waals surface area (Å²) < 4.78 is 0. The number of hydrogen-bond donors (Lipinski definition) is 0. The molecule has 0 saturated carbocycles. The van der Waals surface area contributed by atoms with Gasteiger partial charge in [-0.2, -0.15) is 0 Å². The second kappa shape index (κ2) is 7.34. The van der Waals surface area contributed by atoms with E-state index in [1.165, 1.54) is 11.3 Å². The van der Waals surface area contributed by atoms with E-state index >= 15 is 0 Å². The van der Waals surface area contributed by atoms with Crippen LogP contribution in [0.4, 0.5) is 5.69 Å². The smallest absolute Gasteiger partial charge is 0.222 e. The van der Waals surface area contributed by atoms with Gasteiger partial charge in [0.15, 0.2) is 0 Å². The van der Waals surface area contributed by atoms with E-state index < -0.39 is 0 Å². The summed E-state index contributed by atoms with van der Waals surface area (Å²) in [4.78, 5) is 22.1. The van der Waals surface area contributed by atoms with Gasteiger partial charge in [-0.3, -0.25) is 4.79 Å². The highest BCUT2D eigenvalue weighted by molar-refractivity contribution is 5.77. The van der Waals surface area contributed by atoms with Gasteiger partial charge in [-0.05, 0) is 38.1 Å². The zero-order chi connectivity index (χ0) is 17.2. The first kappa shape index (κ1) is 16.9. The molecule has 0 bridgehead atoms. The van der Waals surface area contributed by atoms with Crippen molar-refractivity contribution in [2.24, 2.45) is 0 Å². The molecule has 1 amide bonds. The molecule has 0 spiro atoms. The minimum Gasteiger partial charge on any atom is -0.364 e. The average molecular weight is 342 g/mol. The Morgan fingerprint density at radius 2 is 1.88 bits per heavy atom. The number of amides is 1. The van der Waals surface area contributed by atoms with Gasteiger partial charge in [-0.15, -0.1) is 0 Å². The van der Waals surface area contributed by atoms with Crippen molar-refractivity contribution in [1.29, 1.82) is 0 Å². The van der Waals surface area contributed by atoms with Crippen molar-refractivity contribution in [3.63, 3.8) is 0 Å². The van der Waals surface area contributed by atoms with Crippen LogP contribution in [0.25, 0.3) is 0 Å². The summed E-state index contributed by atoms with van der Waals surface area (Å²) in [6.07, 6.45) is 2.78. The molecule has 0 radical (unpaired) electrons. The number of rotatable bonds is 4. The van der Waals surface area contributed by atoms with Crippen LogP contribution in [-0.2, 0) is 11.2 Å². The van der Waals surface area contributed by atoms with Crippen LogP contribution in [-0.4, -0.2) is 86.1 Å². The summed E-state index contributed by atoms with van der Waals surface area (Å²) in [6.45, 7) is 8.39. The van der Waals surface area contributed by atoms with E-state index in [1.807, 2.05) is 0 Å². The maximum absolute atomic E-state index is 12.6. The third-order valence-electron chi connectivity index (χ3n) is 6.05. The molecule has 1 aromatic rings. The monoisotopic (exact) mass is 342 g/mol. The predicted octanol–water partition coefficient (Wildman–Crippen LogP) is 1.29. The molecule has 1 unspecified atom stereocenters. The highest BCUT2D eigenvalue weighted by Gasteiger charge is 2.35. The van der Waals surface area contributed by atoms with Gasteiger partial charge in [0, 0.05) is 57.9 Å². The number of para-hydroxylation sites is 1. The standard InChI is InChI=1S/C20H30N4O/c1-21-9-11-22(12-10-21)8-4-7-20(25)23-13-14-24-18(16-23)15-17-5-2-3-6-19(17)24/h2-3,5-6,18H,4,7-16H2,1H3. The third-order valence-corrected chi connectivity index (χ3v) is 6.05. The van der Waals surface area contributed by atoms with E-state index in [-0.39, 0.29) is 0 Å². The maximum atomic E-state index is 12.6. The van der Waals surface area contributed by atoms with Crippen molar-refractivity contribution >= 4 is 11.6 Å². The van der Waals surface area contributed by atoms with Crippen LogP contribution in [0.15, 0.2) is 24.3 Å². The van der Waals surface area contributed by atoms with Gasteiger partial charge in [-0.25, -0.2) is 0 Å². The second-order valence-electron chi connectivity index (χ2n) is 7.77. The Morgan fingerprint density at radius 3 is 2.72 bits per heavy atom. The summed E-state index contributed by atoms with van der Waals surface area (Å²) in [7, 11) is 2.18. The van der Waals surface area contributed by atoms with E-state index in [4.69, 9.17) is 0 Å². The number of fused-ring (bicyclic) bond motifs is 3. The fourth-order valence-corrected chi connectivity index (χ4v) is 4.47. The fourth-order valence-electron chi connectivity index (χ4n) is 4.47. The molecule has 4 rings (SSSR count). The minimum absolute atomic E-state index is 0.352. The lowest BCUT2D eigenvalue weighted by Gasteiger charge is -2.39. The fraction of sp³-hybridized carbons (Fsp3) is 0.650. The first-order chi connectivity index (χ1) is 12.2. The lowest BCUT2D eigenvalue weighted by atomic mass is 10.1. The molecule has 136 valence electrons. The highest BCUT2D eigenvalue weighted by Crippen LogP contribution is 2.33. The molecule has 1 atom stereocenters. The van der Waals surface area contributed by atoms with Crippen molar-refractivity contribution in [2.45, 2.75) is 25.3 Å². The van der Waals surface area contributed by atoms with Gasteiger partial charge >= 0.3 is 0 Å². The zero-order valence-corrected chi connectivity index (χ0v) is 15.4. The van der Waals surface area contributed by atoms with Gasteiger partial charge < -0.3 is 19.6 Å². The Bertz CT molecular complexity index is 611. The van der Waals surface area contributed by atoms with Gasteiger partial charge in [0.25, 0.3) is 0 Å². The van der Waals surface area contributed by atoms with E-state index in [0.717, 1.165) is 65.2 Å². The molecular formula is C20H30N4O. The number of likely N-dealkylation sites (N-methyl/N-ethyl adjacent to an activating group) is 1. The molecule has 3 aliphatic heterocycles. The predicted molar refractivity (Wildman–Crippen MR) is 101 cm³/mol. The number of carbonyl (C=O) groups is 1. The van der Waals surface area contributed by atoms with E-state index in [9.17, 15) is 4.79 Å². The van der Waals surface area contributed by atoms with Gasteiger partial charge in [0.05, 0.1) is 6.04 Å². The SMILES string of the molecule is CN1CCN(CCCC(=O)N2CCN3c4ccccc4CC3C2)CC1. The molecule has 0 aromatic heterocycles. The van der Waals surface area contributed by atoms with Crippen LogP contribution in [0, 0.1) is 0 Å². The average Bonchev–Trinajstić information content (AvgIpc) is 3.01. The van der Waals surface area contributed by atoms with Gasteiger partial charge in [0.2, 0.25) is 5.91 Å². The Kier molecular flexibility index (Phi) is 4.95. The molecule has 1 aromatic carbocycles. The number of benzene rings is 1. The summed E-state index contributed by atoms with van der Waals surface area (Å²) in [5.41, 5.74) is 2.83. The van der Waals surface area contributed by atoms with Crippen molar-refractivity contribution < 1.29 is 4.79 Å². The maximum Gasteiger partial charge on any atom is 0.222 e. The normalized spacial score (nSPS) is 24.3. The summed E-state index contributed by atoms with van der Waals surface area (Å²) in [5.74, 6) is 0.352. The highest BCUT2D eigenvalue weighted by atomic mass is 16.2. The Balaban J connectivity index is 1.23. The van der Waals surface area contributed by atoms with Crippen LogP contribution in [0.3, 0.4) is 0 Å². The Morgan fingerprint density at radius 1 is 1.08 bits per heavy atom. The van der Waals surface area contributed by atoms with Crippen molar-refractivity contribution in [1.82, 2.24) is 14.7 Å². The summed E-state index contributed by atoms with van der Waals surface area (Å²) in [6, 6.07) is 9.18. The van der Waals surface area contributed by atoms with Gasteiger partial charge in [-0.1, -0.05) is 18.2 Å². The topological polar surface area (TPSA) is 30.0 Å². The molecular weight excluding hydrogens is 312 g/mol. The molecule has 5 heteroatoms. The van der Waals surface area contributed by atoms with Crippen molar-refractivity contribution in [3.05, 3.63) is 29.8 Å². The van der Waals surface area contributed by atoms with Crippen molar-refractivity contribution in [3.8, 4) is 0 Å². The number of piperazine rings is 2. The largest absolute Gasteiger partial charge is 0.364 e. The third kappa shape index (κ3) is 3.67. The molecule has 0 aliphatic carbocycles. The molecule has 2 saturated heterocycles. The van der Waals surface area contributed by atoms with Crippen molar-refractivity contribution in [2.75, 3.05) is 64.3 Å². The molecule has 5 nitrogen and oxygen atoms in total.